The fourth-order valence-electron chi connectivity index (χ4n) is 0.907. The molecule has 0 aliphatic heterocycles. The second-order valence-electron chi connectivity index (χ2n) is 2.60. The highest BCUT2D eigenvalue weighted by Crippen LogP contribution is 2.22. The van der Waals surface area contributed by atoms with Gasteiger partial charge < -0.3 is 9.47 Å². The molecule has 1 heterocycles. The van der Waals surface area contributed by atoms with Crippen molar-refractivity contribution in [3.8, 4) is 0 Å². The van der Waals surface area contributed by atoms with Gasteiger partial charge in [0, 0.05) is 25.2 Å². The van der Waals surface area contributed by atoms with Crippen molar-refractivity contribution < 1.29 is 9.47 Å². The average molecular weight is 265 g/mol. The highest BCUT2D eigenvalue weighted by molar-refractivity contribution is 9.11. The first-order valence-electron chi connectivity index (χ1n) is 4.14. The van der Waals surface area contributed by atoms with Crippen LogP contribution in [0.1, 0.15) is 11.3 Å². The molecule has 0 amide bonds. The summed E-state index contributed by atoms with van der Waals surface area (Å²) in [5.41, 5.74) is 0. The van der Waals surface area contributed by atoms with E-state index in [0.717, 1.165) is 23.4 Å². The molecule has 0 aliphatic carbocycles. The van der Waals surface area contributed by atoms with Crippen molar-refractivity contribution in [3.63, 3.8) is 0 Å². The Labute approximate surface area is 91.0 Å². The summed E-state index contributed by atoms with van der Waals surface area (Å²) in [6, 6.07) is 4.11. The molecule has 0 atom stereocenters. The molecule has 0 saturated heterocycles. The van der Waals surface area contributed by atoms with Crippen molar-refractivity contribution in [1.82, 2.24) is 0 Å². The van der Waals surface area contributed by atoms with E-state index in [1.165, 1.54) is 4.88 Å². The molecule has 2 nitrogen and oxygen atoms in total. The van der Waals surface area contributed by atoms with Gasteiger partial charge >= 0.3 is 0 Å². The van der Waals surface area contributed by atoms with E-state index in [1.54, 1.807) is 18.4 Å². The fraction of sp³-hybridized carbons (Fsp3) is 0.556. The van der Waals surface area contributed by atoms with Crippen LogP contribution in [0.4, 0.5) is 0 Å². The molecule has 1 aromatic heterocycles. The second-order valence-corrected chi connectivity index (χ2v) is 5.15. The maximum atomic E-state index is 5.44. The van der Waals surface area contributed by atoms with Gasteiger partial charge in [-0.05, 0) is 34.5 Å². The molecule has 0 aliphatic rings. The second kappa shape index (κ2) is 6.54. The molecule has 0 N–H and O–H groups in total. The molecule has 0 bridgehead atoms. The van der Waals surface area contributed by atoms with E-state index in [4.69, 9.17) is 9.47 Å². The van der Waals surface area contributed by atoms with Gasteiger partial charge in [-0.3, -0.25) is 0 Å². The van der Waals surface area contributed by atoms with E-state index in [1.807, 2.05) is 6.07 Å². The van der Waals surface area contributed by atoms with Gasteiger partial charge in [0.05, 0.1) is 10.4 Å². The molecule has 0 aromatic carbocycles. The number of hydrogen-bond acceptors (Lipinski definition) is 3. The highest BCUT2D eigenvalue weighted by atomic mass is 79.9. The molecule has 0 fully saturated rings. The summed E-state index contributed by atoms with van der Waals surface area (Å²) in [7, 11) is 1.70. The number of hydrogen-bond donors (Lipinski definition) is 0. The molecule has 0 radical (unpaired) electrons. The quantitative estimate of drug-likeness (QED) is 0.736. The SMILES string of the molecule is COCCCOCc1ccc(Br)s1. The van der Waals surface area contributed by atoms with E-state index in [2.05, 4.69) is 22.0 Å². The summed E-state index contributed by atoms with van der Waals surface area (Å²) in [6.07, 6.45) is 0.961. The molecular weight excluding hydrogens is 252 g/mol. The maximum Gasteiger partial charge on any atom is 0.0809 e. The van der Waals surface area contributed by atoms with Crippen LogP contribution in [-0.2, 0) is 16.1 Å². The van der Waals surface area contributed by atoms with Crippen molar-refractivity contribution in [2.24, 2.45) is 0 Å². The van der Waals surface area contributed by atoms with E-state index < -0.39 is 0 Å². The first-order chi connectivity index (χ1) is 6.33. The Hall–Kier alpha value is 0.1000. The van der Waals surface area contributed by atoms with E-state index in [0.29, 0.717) is 6.61 Å². The third kappa shape index (κ3) is 4.76. The minimum atomic E-state index is 0.708. The van der Waals surface area contributed by atoms with Gasteiger partial charge in [-0.1, -0.05) is 0 Å². The minimum absolute atomic E-state index is 0.708. The number of rotatable bonds is 6. The van der Waals surface area contributed by atoms with Crippen LogP contribution >= 0.6 is 27.3 Å². The lowest BCUT2D eigenvalue weighted by Gasteiger charge is -2.01. The number of halogens is 1. The van der Waals surface area contributed by atoms with Crippen LogP contribution in [0.25, 0.3) is 0 Å². The van der Waals surface area contributed by atoms with Crippen LogP contribution in [0.15, 0.2) is 15.9 Å². The monoisotopic (exact) mass is 264 g/mol. The highest BCUT2D eigenvalue weighted by Gasteiger charge is 1.96. The summed E-state index contributed by atoms with van der Waals surface area (Å²) in [5, 5.41) is 0. The minimum Gasteiger partial charge on any atom is -0.385 e. The van der Waals surface area contributed by atoms with Crippen molar-refractivity contribution in [3.05, 3.63) is 20.8 Å². The lowest BCUT2D eigenvalue weighted by Crippen LogP contribution is -1.98. The Morgan fingerprint density at radius 2 is 2.23 bits per heavy atom. The summed E-state index contributed by atoms with van der Waals surface area (Å²) in [5.74, 6) is 0. The van der Waals surface area contributed by atoms with Gasteiger partial charge in [-0.15, -0.1) is 11.3 Å². The van der Waals surface area contributed by atoms with Gasteiger partial charge in [0.15, 0.2) is 0 Å². The van der Waals surface area contributed by atoms with Crippen LogP contribution in [0, 0.1) is 0 Å². The first kappa shape index (κ1) is 11.2. The summed E-state index contributed by atoms with van der Waals surface area (Å²) in [4.78, 5) is 1.25. The maximum absolute atomic E-state index is 5.44. The molecule has 13 heavy (non-hydrogen) atoms. The van der Waals surface area contributed by atoms with Gasteiger partial charge in [0.1, 0.15) is 0 Å². The third-order valence-corrected chi connectivity index (χ3v) is 3.11. The Morgan fingerprint density at radius 3 is 2.85 bits per heavy atom. The summed E-state index contributed by atoms with van der Waals surface area (Å²) in [6.45, 7) is 2.25. The number of ether oxygens (including phenoxy) is 2. The Kier molecular flexibility index (Phi) is 5.62. The van der Waals surface area contributed by atoms with Gasteiger partial charge in [0.25, 0.3) is 0 Å². The van der Waals surface area contributed by atoms with Gasteiger partial charge in [0.2, 0.25) is 0 Å². The summed E-state index contributed by atoms with van der Waals surface area (Å²) >= 11 is 5.12. The molecule has 0 unspecified atom stereocenters. The van der Waals surface area contributed by atoms with Crippen LogP contribution in [0.3, 0.4) is 0 Å². The standard InChI is InChI=1S/C9H13BrO2S/c1-11-5-2-6-12-7-8-3-4-9(10)13-8/h3-4H,2,5-7H2,1H3. The molecule has 4 heteroatoms. The van der Waals surface area contributed by atoms with Crippen molar-refractivity contribution in [2.75, 3.05) is 20.3 Å². The lowest BCUT2D eigenvalue weighted by molar-refractivity contribution is 0.0943. The first-order valence-corrected chi connectivity index (χ1v) is 5.75. The predicted octanol–water partition coefficient (Wildman–Crippen LogP) is 3.06. The van der Waals surface area contributed by atoms with Crippen LogP contribution in [0.5, 0.6) is 0 Å². The predicted molar refractivity (Wildman–Crippen MR) is 58.2 cm³/mol. The smallest absolute Gasteiger partial charge is 0.0809 e. The Balaban J connectivity index is 2.06. The lowest BCUT2D eigenvalue weighted by atomic mass is 10.5. The van der Waals surface area contributed by atoms with E-state index in [9.17, 15) is 0 Å². The largest absolute Gasteiger partial charge is 0.385 e. The average Bonchev–Trinajstić information content (AvgIpc) is 2.51. The van der Waals surface area contributed by atoms with Crippen LogP contribution in [-0.4, -0.2) is 20.3 Å². The van der Waals surface area contributed by atoms with E-state index >= 15 is 0 Å². The zero-order valence-corrected chi connectivity index (χ0v) is 9.99. The zero-order chi connectivity index (χ0) is 9.52. The molecule has 0 spiro atoms. The molecule has 74 valence electrons. The molecule has 1 aromatic rings. The normalized spacial score (nSPS) is 10.6. The van der Waals surface area contributed by atoms with Crippen LogP contribution < -0.4 is 0 Å². The number of thiophene rings is 1. The fourth-order valence-corrected chi connectivity index (χ4v) is 2.33. The van der Waals surface area contributed by atoms with E-state index in [-0.39, 0.29) is 0 Å². The van der Waals surface area contributed by atoms with Crippen molar-refractivity contribution >= 4 is 27.3 Å². The Morgan fingerprint density at radius 1 is 1.38 bits per heavy atom. The third-order valence-electron chi connectivity index (χ3n) is 1.51. The molecular formula is C9H13BrO2S. The zero-order valence-electron chi connectivity index (χ0n) is 7.59. The van der Waals surface area contributed by atoms with Gasteiger partial charge in [-0.25, -0.2) is 0 Å². The van der Waals surface area contributed by atoms with Gasteiger partial charge in [-0.2, -0.15) is 0 Å². The van der Waals surface area contributed by atoms with Crippen molar-refractivity contribution in [2.45, 2.75) is 13.0 Å². The van der Waals surface area contributed by atoms with Crippen LogP contribution in [0.2, 0.25) is 0 Å². The molecule has 0 saturated carbocycles. The van der Waals surface area contributed by atoms with Crippen molar-refractivity contribution in [1.29, 1.82) is 0 Å². The summed E-state index contributed by atoms with van der Waals surface area (Å²) < 4.78 is 11.5. The topological polar surface area (TPSA) is 18.5 Å². The molecule has 1 rings (SSSR count). The number of methoxy groups -OCH3 is 1. The Bertz CT molecular complexity index is 237.